The van der Waals surface area contributed by atoms with Crippen LogP contribution in [0.2, 0.25) is 0 Å². The van der Waals surface area contributed by atoms with Crippen LogP contribution in [0.5, 0.6) is 5.75 Å². The van der Waals surface area contributed by atoms with E-state index in [1.165, 1.54) is 0 Å². The molecular formula is C19H16BrNO2. The topological polar surface area (TPSA) is 38.3 Å². The fourth-order valence-corrected chi connectivity index (χ4v) is 2.60. The minimum atomic E-state index is -0.588. The van der Waals surface area contributed by atoms with Gasteiger partial charge in [-0.1, -0.05) is 52.3 Å². The molecule has 0 aromatic heterocycles. The molecule has 0 unspecified atom stereocenters. The van der Waals surface area contributed by atoms with Gasteiger partial charge in [0.15, 0.2) is 6.10 Å². The van der Waals surface area contributed by atoms with E-state index in [4.69, 9.17) is 4.74 Å². The fourth-order valence-electron chi connectivity index (χ4n) is 2.34. The van der Waals surface area contributed by atoms with Crippen LogP contribution in [0, 0.1) is 0 Å². The molecule has 116 valence electrons. The summed E-state index contributed by atoms with van der Waals surface area (Å²) in [6, 6.07) is 21.2. The molecule has 1 atom stereocenters. The molecule has 3 rings (SSSR count). The second-order valence-corrected chi connectivity index (χ2v) is 6.15. The van der Waals surface area contributed by atoms with E-state index in [0.717, 1.165) is 20.9 Å². The lowest BCUT2D eigenvalue weighted by molar-refractivity contribution is -0.122. The number of benzene rings is 3. The molecule has 1 N–H and O–H groups in total. The van der Waals surface area contributed by atoms with Gasteiger partial charge in [-0.25, -0.2) is 0 Å². The zero-order valence-electron chi connectivity index (χ0n) is 12.6. The summed E-state index contributed by atoms with van der Waals surface area (Å²) in [5.41, 5.74) is 0.791. The van der Waals surface area contributed by atoms with Crippen LogP contribution in [0.15, 0.2) is 71.2 Å². The Morgan fingerprint density at radius 2 is 1.70 bits per heavy atom. The molecule has 3 nitrogen and oxygen atoms in total. The first-order valence-corrected chi connectivity index (χ1v) is 8.13. The second kappa shape index (κ2) is 6.84. The Morgan fingerprint density at radius 1 is 1.00 bits per heavy atom. The SMILES string of the molecule is C[C@H](Oc1ccc(Br)cc1)C(=O)Nc1cccc2ccccc12. The van der Waals surface area contributed by atoms with Gasteiger partial charge in [0.25, 0.3) is 5.91 Å². The van der Waals surface area contributed by atoms with Crippen molar-refractivity contribution in [3.63, 3.8) is 0 Å². The Labute approximate surface area is 143 Å². The third-order valence-electron chi connectivity index (χ3n) is 3.54. The number of fused-ring (bicyclic) bond motifs is 1. The Morgan fingerprint density at radius 3 is 2.48 bits per heavy atom. The first-order valence-electron chi connectivity index (χ1n) is 7.34. The molecule has 3 aromatic carbocycles. The average Bonchev–Trinajstić information content (AvgIpc) is 2.57. The average molecular weight is 370 g/mol. The molecule has 0 spiro atoms. The summed E-state index contributed by atoms with van der Waals surface area (Å²) in [7, 11) is 0. The lowest BCUT2D eigenvalue weighted by Gasteiger charge is -2.15. The number of ether oxygens (including phenoxy) is 1. The van der Waals surface area contributed by atoms with E-state index in [2.05, 4.69) is 21.2 Å². The van der Waals surface area contributed by atoms with Crippen LogP contribution in [-0.4, -0.2) is 12.0 Å². The summed E-state index contributed by atoms with van der Waals surface area (Å²) in [6.45, 7) is 1.74. The van der Waals surface area contributed by atoms with Gasteiger partial charge >= 0.3 is 0 Å². The van der Waals surface area contributed by atoms with Crippen molar-refractivity contribution in [2.45, 2.75) is 13.0 Å². The van der Waals surface area contributed by atoms with E-state index in [1.54, 1.807) is 6.92 Å². The van der Waals surface area contributed by atoms with Gasteiger partial charge in [-0.05, 0) is 42.6 Å². The normalized spacial score (nSPS) is 11.9. The van der Waals surface area contributed by atoms with Crippen molar-refractivity contribution in [3.8, 4) is 5.75 Å². The van der Waals surface area contributed by atoms with Gasteiger partial charge in [-0.2, -0.15) is 0 Å². The first kappa shape index (κ1) is 15.6. The molecule has 0 aliphatic carbocycles. The maximum atomic E-state index is 12.4. The molecule has 0 fully saturated rings. The van der Waals surface area contributed by atoms with Gasteiger partial charge in [-0.15, -0.1) is 0 Å². The van der Waals surface area contributed by atoms with Gasteiger partial charge in [0.2, 0.25) is 0 Å². The summed E-state index contributed by atoms with van der Waals surface area (Å²) in [4.78, 5) is 12.4. The maximum Gasteiger partial charge on any atom is 0.265 e. The molecule has 0 aliphatic rings. The lowest BCUT2D eigenvalue weighted by Crippen LogP contribution is -2.30. The van der Waals surface area contributed by atoms with Gasteiger partial charge in [-0.3, -0.25) is 4.79 Å². The van der Waals surface area contributed by atoms with Crippen LogP contribution in [0.3, 0.4) is 0 Å². The van der Waals surface area contributed by atoms with Crippen molar-refractivity contribution in [3.05, 3.63) is 71.2 Å². The van der Waals surface area contributed by atoms with Crippen LogP contribution in [0.1, 0.15) is 6.92 Å². The number of halogens is 1. The highest BCUT2D eigenvalue weighted by Crippen LogP contribution is 2.23. The van der Waals surface area contributed by atoms with Gasteiger partial charge in [0, 0.05) is 15.5 Å². The number of nitrogens with one attached hydrogen (secondary N) is 1. The summed E-state index contributed by atoms with van der Waals surface area (Å²) >= 11 is 3.37. The number of rotatable bonds is 4. The van der Waals surface area contributed by atoms with Crippen molar-refractivity contribution in [1.82, 2.24) is 0 Å². The molecular weight excluding hydrogens is 354 g/mol. The quantitative estimate of drug-likeness (QED) is 0.701. The zero-order valence-corrected chi connectivity index (χ0v) is 14.2. The molecule has 0 bridgehead atoms. The highest BCUT2D eigenvalue weighted by molar-refractivity contribution is 9.10. The third-order valence-corrected chi connectivity index (χ3v) is 4.07. The standard InChI is InChI=1S/C19H16BrNO2/c1-13(23-16-11-9-15(20)10-12-16)19(22)21-18-8-4-6-14-5-2-3-7-17(14)18/h2-13H,1H3,(H,21,22)/t13-/m0/s1. The number of anilines is 1. The predicted molar refractivity (Wildman–Crippen MR) is 96.8 cm³/mol. The highest BCUT2D eigenvalue weighted by atomic mass is 79.9. The zero-order chi connectivity index (χ0) is 16.2. The third kappa shape index (κ3) is 3.71. The second-order valence-electron chi connectivity index (χ2n) is 5.23. The first-order chi connectivity index (χ1) is 11.1. The number of carbonyl (C=O) groups is 1. The van der Waals surface area contributed by atoms with Crippen LogP contribution in [-0.2, 0) is 4.79 Å². The Bertz CT molecular complexity index is 825. The summed E-state index contributed by atoms with van der Waals surface area (Å²) in [5, 5.41) is 5.05. The molecule has 0 saturated carbocycles. The van der Waals surface area contributed by atoms with E-state index < -0.39 is 6.10 Å². The lowest BCUT2D eigenvalue weighted by atomic mass is 10.1. The van der Waals surface area contributed by atoms with Crippen LogP contribution < -0.4 is 10.1 Å². The Hall–Kier alpha value is -2.33. The largest absolute Gasteiger partial charge is 0.481 e. The summed E-state index contributed by atoms with van der Waals surface area (Å²) in [6.07, 6.45) is -0.588. The molecule has 1 amide bonds. The van der Waals surface area contributed by atoms with Gasteiger partial charge in [0.1, 0.15) is 5.75 Å². The molecule has 0 heterocycles. The molecule has 0 aliphatic heterocycles. The van der Waals surface area contributed by atoms with E-state index in [0.29, 0.717) is 5.75 Å². The van der Waals surface area contributed by atoms with Crippen molar-refractivity contribution in [2.24, 2.45) is 0 Å². The minimum absolute atomic E-state index is 0.177. The maximum absolute atomic E-state index is 12.4. The van der Waals surface area contributed by atoms with Gasteiger partial charge < -0.3 is 10.1 Å². The van der Waals surface area contributed by atoms with Crippen LogP contribution in [0.25, 0.3) is 10.8 Å². The molecule has 0 saturated heterocycles. The van der Waals surface area contributed by atoms with Crippen molar-refractivity contribution in [2.75, 3.05) is 5.32 Å². The fraction of sp³-hybridized carbons (Fsp3) is 0.105. The van der Waals surface area contributed by atoms with E-state index >= 15 is 0 Å². The predicted octanol–water partition coefficient (Wildman–Crippen LogP) is 5.01. The molecule has 4 heteroatoms. The molecule has 0 radical (unpaired) electrons. The molecule has 23 heavy (non-hydrogen) atoms. The Balaban J connectivity index is 1.74. The smallest absolute Gasteiger partial charge is 0.265 e. The van der Waals surface area contributed by atoms with E-state index in [9.17, 15) is 4.79 Å². The number of amides is 1. The monoisotopic (exact) mass is 369 g/mol. The summed E-state index contributed by atoms with van der Waals surface area (Å²) in [5.74, 6) is 0.484. The highest BCUT2D eigenvalue weighted by Gasteiger charge is 2.15. The number of hydrogen-bond donors (Lipinski definition) is 1. The van der Waals surface area contributed by atoms with Crippen molar-refractivity contribution < 1.29 is 9.53 Å². The number of carbonyl (C=O) groups excluding carboxylic acids is 1. The van der Waals surface area contributed by atoms with Crippen molar-refractivity contribution >= 4 is 38.3 Å². The van der Waals surface area contributed by atoms with E-state index in [-0.39, 0.29) is 5.91 Å². The van der Waals surface area contributed by atoms with E-state index in [1.807, 2.05) is 66.7 Å². The Kier molecular flexibility index (Phi) is 4.63. The van der Waals surface area contributed by atoms with Gasteiger partial charge in [0.05, 0.1) is 0 Å². The molecule has 3 aromatic rings. The van der Waals surface area contributed by atoms with Crippen LogP contribution >= 0.6 is 15.9 Å². The van der Waals surface area contributed by atoms with Crippen molar-refractivity contribution in [1.29, 1.82) is 0 Å². The number of hydrogen-bond acceptors (Lipinski definition) is 2. The summed E-state index contributed by atoms with van der Waals surface area (Å²) < 4.78 is 6.65. The minimum Gasteiger partial charge on any atom is -0.481 e. The van der Waals surface area contributed by atoms with Crippen LogP contribution in [0.4, 0.5) is 5.69 Å².